The Morgan fingerprint density at radius 3 is 2.89 bits per heavy atom. The van der Waals surface area contributed by atoms with Crippen molar-refractivity contribution in [2.45, 2.75) is 38.4 Å². The fourth-order valence-corrected chi connectivity index (χ4v) is 0.914. The Kier molecular flexibility index (Phi) is 2.22. The lowest BCUT2D eigenvalue weighted by Gasteiger charge is -1.87. The van der Waals surface area contributed by atoms with Crippen LogP contribution in [0.1, 0.15) is 26.2 Å². The van der Waals surface area contributed by atoms with Gasteiger partial charge in [0.25, 0.3) is 0 Å². The van der Waals surface area contributed by atoms with E-state index in [1.165, 1.54) is 12.8 Å². The molecule has 1 fully saturated rings. The fourth-order valence-electron chi connectivity index (χ4n) is 0.914. The van der Waals surface area contributed by atoms with Crippen molar-refractivity contribution in [2.24, 2.45) is 0 Å². The quantitative estimate of drug-likeness (QED) is 0.419. The molecule has 9 heavy (non-hydrogen) atoms. The minimum absolute atomic E-state index is 0.0588. The van der Waals surface area contributed by atoms with Gasteiger partial charge >= 0.3 is 0 Å². The second kappa shape index (κ2) is 2.97. The molecule has 1 aliphatic heterocycles. The van der Waals surface area contributed by atoms with Crippen LogP contribution in [0.3, 0.4) is 0 Å². The maximum absolute atomic E-state index is 10.0. The van der Waals surface area contributed by atoms with Crippen LogP contribution >= 0.6 is 0 Å². The number of ether oxygens (including phenoxy) is 1. The number of rotatable bonds is 4. The van der Waals surface area contributed by atoms with Gasteiger partial charge in [-0.2, -0.15) is 0 Å². The maximum atomic E-state index is 10.0. The molecule has 1 saturated heterocycles. The van der Waals surface area contributed by atoms with E-state index in [4.69, 9.17) is 4.74 Å². The Labute approximate surface area is 55.2 Å². The number of unbranched alkanes of at least 4 members (excludes halogenated alkanes) is 1. The van der Waals surface area contributed by atoms with Crippen LogP contribution < -0.4 is 0 Å². The van der Waals surface area contributed by atoms with Crippen molar-refractivity contribution >= 4 is 6.29 Å². The van der Waals surface area contributed by atoms with Crippen LogP contribution in [-0.2, 0) is 9.53 Å². The van der Waals surface area contributed by atoms with Crippen LogP contribution in [0, 0.1) is 0 Å². The van der Waals surface area contributed by atoms with Crippen molar-refractivity contribution in [2.75, 3.05) is 0 Å². The van der Waals surface area contributed by atoms with Crippen molar-refractivity contribution in [1.82, 2.24) is 0 Å². The summed E-state index contributed by atoms with van der Waals surface area (Å²) in [5.74, 6) is 0. The summed E-state index contributed by atoms with van der Waals surface area (Å²) in [6.07, 6.45) is 4.51. The molecule has 0 aromatic heterocycles. The molecule has 2 heteroatoms. The number of hydrogen-bond acceptors (Lipinski definition) is 2. The van der Waals surface area contributed by atoms with Crippen molar-refractivity contribution in [1.29, 1.82) is 0 Å². The van der Waals surface area contributed by atoms with E-state index in [1.54, 1.807) is 0 Å². The first-order chi connectivity index (χ1) is 4.38. The summed E-state index contributed by atoms with van der Waals surface area (Å²) in [6, 6.07) is 0. The van der Waals surface area contributed by atoms with Gasteiger partial charge in [-0.1, -0.05) is 19.8 Å². The molecule has 0 aromatic rings. The Balaban J connectivity index is 1.98. The lowest BCUT2D eigenvalue weighted by molar-refractivity contribution is -0.108. The highest BCUT2D eigenvalue weighted by molar-refractivity contribution is 5.60. The average molecular weight is 128 g/mol. The molecule has 0 N–H and O–H groups in total. The molecule has 0 aliphatic carbocycles. The number of hydrogen-bond donors (Lipinski definition) is 0. The Hall–Kier alpha value is -0.370. The van der Waals surface area contributed by atoms with Gasteiger partial charge in [0.1, 0.15) is 6.10 Å². The molecule has 1 heterocycles. The standard InChI is InChI=1S/C7H12O2/c1-2-3-4-6-7(5-8)9-6/h5-7H,2-4H2,1H3/t6-,7+/m0/s1. The SMILES string of the molecule is CCCC[C@@H]1O[C@@H]1C=O. The van der Waals surface area contributed by atoms with Crippen LogP contribution in [0.4, 0.5) is 0 Å². The molecule has 0 bridgehead atoms. The summed E-state index contributed by atoms with van der Waals surface area (Å²) in [4.78, 5) is 10.0. The van der Waals surface area contributed by atoms with Gasteiger partial charge < -0.3 is 9.53 Å². The highest BCUT2D eigenvalue weighted by atomic mass is 16.6. The number of carbonyl (C=O) groups excluding carboxylic acids is 1. The van der Waals surface area contributed by atoms with Crippen LogP contribution in [0.25, 0.3) is 0 Å². The van der Waals surface area contributed by atoms with E-state index in [1.807, 2.05) is 0 Å². The van der Waals surface area contributed by atoms with Crippen molar-refractivity contribution < 1.29 is 9.53 Å². The molecular formula is C7H12O2. The van der Waals surface area contributed by atoms with Gasteiger partial charge in [0.05, 0.1) is 6.10 Å². The van der Waals surface area contributed by atoms with Gasteiger partial charge in [-0.25, -0.2) is 0 Å². The molecule has 0 spiro atoms. The van der Waals surface area contributed by atoms with Crippen molar-refractivity contribution in [3.63, 3.8) is 0 Å². The molecule has 0 unspecified atom stereocenters. The second-order valence-corrected chi connectivity index (χ2v) is 2.42. The number of carbonyl (C=O) groups is 1. The zero-order valence-corrected chi connectivity index (χ0v) is 5.67. The van der Waals surface area contributed by atoms with Crippen LogP contribution in [0.15, 0.2) is 0 Å². The lowest BCUT2D eigenvalue weighted by atomic mass is 10.2. The van der Waals surface area contributed by atoms with Gasteiger partial charge in [-0.05, 0) is 6.42 Å². The first-order valence-electron chi connectivity index (χ1n) is 3.49. The molecule has 0 amide bonds. The zero-order chi connectivity index (χ0) is 6.69. The average Bonchev–Trinajstić information content (AvgIpc) is 2.62. The lowest BCUT2D eigenvalue weighted by Crippen LogP contribution is -1.93. The van der Waals surface area contributed by atoms with Gasteiger partial charge in [0, 0.05) is 0 Å². The smallest absolute Gasteiger partial charge is 0.151 e. The van der Waals surface area contributed by atoms with Gasteiger partial charge in [0.2, 0.25) is 0 Å². The Bertz CT molecular complexity index is 101. The summed E-state index contributed by atoms with van der Waals surface area (Å²) in [5.41, 5.74) is 0. The predicted molar refractivity (Wildman–Crippen MR) is 34.2 cm³/mol. The fraction of sp³-hybridized carbons (Fsp3) is 0.857. The molecular weight excluding hydrogens is 116 g/mol. The second-order valence-electron chi connectivity index (χ2n) is 2.42. The van der Waals surface area contributed by atoms with Gasteiger partial charge in [-0.3, -0.25) is 0 Å². The topological polar surface area (TPSA) is 29.6 Å². The Morgan fingerprint density at radius 1 is 1.67 bits per heavy atom. The molecule has 0 saturated carbocycles. The molecule has 52 valence electrons. The summed E-state index contributed by atoms with van der Waals surface area (Å²) >= 11 is 0. The van der Waals surface area contributed by atoms with Crippen LogP contribution in [0.5, 0.6) is 0 Å². The van der Waals surface area contributed by atoms with Crippen LogP contribution in [0.2, 0.25) is 0 Å². The Morgan fingerprint density at radius 2 is 2.44 bits per heavy atom. The van der Waals surface area contributed by atoms with E-state index in [0.717, 1.165) is 12.7 Å². The van der Waals surface area contributed by atoms with E-state index in [9.17, 15) is 4.79 Å². The molecule has 1 aliphatic rings. The van der Waals surface area contributed by atoms with Crippen molar-refractivity contribution in [3.8, 4) is 0 Å². The monoisotopic (exact) mass is 128 g/mol. The van der Waals surface area contributed by atoms with E-state index < -0.39 is 0 Å². The minimum Gasteiger partial charge on any atom is -0.362 e. The van der Waals surface area contributed by atoms with E-state index in [0.29, 0.717) is 0 Å². The summed E-state index contributed by atoms with van der Waals surface area (Å²) < 4.78 is 5.00. The van der Waals surface area contributed by atoms with Gasteiger partial charge in [0.15, 0.2) is 6.29 Å². The summed E-state index contributed by atoms with van der Waals surface area (Å²) in [6.45, 7) is 2.14. The van der Waals surface area contributed by atoms with E-state index in [-0.39, 0.29) is 12.2 Å². The summed E-state index contributed by atoms with van der Waals surface area (Å²) in [5, 5.41) is 0. The van der Waals surface area contributed by atoms with Crippen molar-refractivity contribution in [3.05, 3.63) is 0 Å². The normalized spacial score (nSPS) is 32.1. The first kappa shape index (κ1) is 6.75. The molecule has 2 atom stereocenters. The highest BCUT2D eigenvalue weighted by Gasteiger charge is 2.37. The zero-order valence-electron chi connectivity index (χ0n) is 5.67. The number of epoxide rings is 1. The highest BCUT2D eigenvalue weighted by Crippen LogP contribution is 2.24. The largest absolute Gasteiger partial charge is 0.362 e. The first-order valence-corrected chi connectivity index (χ1v) is 3.49. The third kappa shape index (κ3) is 1.79. The minimum atomic E-state index is -0.0588. The van der Waals surface area contributed by atoms with Crippen LogP contribution in [-0.4, -0.2) is 18.5 Å². The molecule has 0 radical (unpaired) electrons. The third-order valence-electron chi connectivity index (χ3n) is 1.60. The summed E-state index contributed by atoms with van der Waals surface area (Å²) in [7, 11) is 0. The predicted octanol–water partition coefficient (Wildman–Crippen LogP) is 1.14. The van der Waals surface area contributed by atoms with Gasteiger partial charge in [-0.15, -0.1) is 0 Å². The van der Waals surface area contributed by atoms with E-state index >= 15 is 0 Å². The molecule has 1 rings (SSSR count). The molecule has 2 nitrogen and oxygen atoms in total. The maximum Gasteiger partial charge on any atom is 0.151 e. The third-order valence-corrected chi connectivity index (χ3v) is 1.60. The molecule has 0 aromatic carbocycles. The number of aldehydes is 1. The van der Waals surface area contributed by atoms with E-state index in [2.05, 4.69) is 6.92 Å².